The number of nitrogens with zero attached hydrogens (tertiary/aromatic N) is 4. The summed E-state index contributed by atoms with van der Waals surface area (Å²) in [6.45, 7) is 6.54. The maximum atomic E-state index is 13.1. The molecule has 0 saturated heterocycles. The van der Waals surface area contributed by atoms with Crippen LogP contribution in [0.25, 0.3) is 28.8 Å². The first-order valence-corrected chi connectivity index (χ1v) is 10.3. The average Bonchev–Trinajstić information content (AvgIpc) is 2.74. The van der Waals surface area contributed by atoms with Crippen molar-refractivity contribution in [3.63, 3.8) is 0 Å². The van der Waals surface area contributed by atoms with Crippen molar-refractivity contribution in [2.75, 3.05) is 6.61 Å². The summed E-state index contributed by atoms with van der Waals surface area (Å²) in [7, 11) is 0. The van der Waals surface area contributed by atoms with Gasteiger partial charge in [0, 0.05) is 6.20 Å². The van der Waals surface area contributed by atoms with Crippen LogP contribution in [0.5, 0.6) is 0 Å². The van der Waals surface area contributed by atoms with Gasteiger partial charge < -0.3 is 25.0 Å². The maximum absolute atomic E-state index is 13.1. The van der Waals surface area contributed by atoms with E-state index in [1.54, 1.807) is 18.2 Å². The molecule has 0 bridgehead atoms. The number of hydrogen-bond donors (Lipinski definition) is 4. The van der Waals surface area contributed by atoms with E-state index in [4.69, 9.17) is 5.11 Å². The van der Waals surface area contributed by atoms with Crippen molar-refractivity contribution in [2.45, 2.75) is 52.6 Å². The maximum Gasteiger partial charge on any atom is 0.356 e. The summed E-state index contributed by atoms with van der Waals surface area (Å²) in [5.74, 6) is 0.0568. The van der Waals surface area contributed by atoms with Gasteiger partial charge in [-0.3, -0.25) is 4.79 Å². The van der Waals surface area contributed by atoms with Crippen LogP contribution >= 0.6 is 0 Å². The molecule has 0 fully saturated rings. The fraction of sp³-hybridized carbons (Fsp3) is 0.455. The molecule has 0 amide bonds. The normalized spacial score (nSPS) is 15.2. The highest BCUT2D eigenvalue weighted by atomic mass is 16.4. The van der Waals surface area contributed by atoms with Crippen LogP contribution in [-0.2, 0) is 6.54 Å². The van der Waals surface area contributed by atoms with Gasteiger partial charge in [-0.05, 0) is 43.0 Å². The number of aryl methyl sites for hydroxylation is 2. The molecule has 2 heterocycles. The summed E-state index contributed by atoms with van der Waals surface area (Å²) < 4.78 is 2.31. The molecule has 0 aromatic heterocycles. The van der Waals surface area contributed by atoms with E-state index in [1.807, 2.05) is 27.7 Å². The molecule has 1 aromatic rings. The molecule has 10 heteroatoms. The third-order valence-electron chi connectivity index (χ3n) is 5.38. The largest absolute Gasteiger partial charge is 0.394 e. The molecule has 32 heavy (non-hydrogen) atoms. The Kier molecular flexibility index (Phi) is 6.89. The van der Waals surface area contributed by atoms with E-state index in [1.165, 1.54) is 10.8 Å². The number of hydrogen-bond acceptors (Lipinski definition) is 8. The number of aliphatic hydroxyl groups is 4. The van der Waals surface area contributed by atoms with Crippen LogP contribution in [0, 0.1) is 19.8 Å². The van der Waals surface area contributed by atoms with E-state index < -0.39 is 36.2 Å². The van der Waals surface area contributed by atoms with E-state index in [0.29, 0.717) is 11.0 Å². The molecule has 2 aliphatic rings. The highest BCUT2D eigenvalue weighted by Gasteiger charge is 2.28. The Labute approximate surface area is 184 Å². The van der Waals surface area contributed by atoms with Crippen molar-refractivity contribution in [3.8, 4) is 11.5 Å². The smallest absolute Gasteiger partial charge is 0.356 e. The van der Waals surface area contributed by atoms with E-state index in [9.17, 15) is 24.9 Å². The number of aromatic nitrogens is 4. The predicted octanol–water partition coefficient (Wildman–Crippen LogP) is -0.123. The zero-order chi connectivity index (χ0) is 23.7. The minimum atomic E-state index is -1.65. The summed E-state index contributed by atoms with van der Waals surface area (Å²) >= 11 is 0. The molecule has 3 unspecified atom stereocenters. The molecule has 0 radical (unpaired) electrons. The van der Waals surface area contributed by atoms with Crippen molar-refractivity contribution in [1.29, 1.82) is 0 Å². The summed E-state index contributed by atoms with van der Waals surface area (Å²) in [6, 6.07) is 3.57. The van der Waals surface area contributed by atoms with Gasteiger partial charge in [-0.15, -0.1) is 0 Å². The third-order valence-corrected chi connectivity index (χ3v) is 5.38. The first-order chi connectivity index (χ1) is 15.0. The van der Waals surface area contributed by atoms with Crippen molar-refractivity contribution in [2.24, 2.45) is 5.92 Å². The molecule has 3 atom stereocenters. The van der Waals surface area contributed by atoms with E-state index in [0.717, 1.165) is 15.7 Å². The zero-order valence-electron chi connectivity index (χ0n) is 18.4. The second-order valence-electron chi connectivity index (χ2n) is 8.28. The molecule has 0 spiro atoms. The predicted molar refractivity (Wildman–Crippen MR) is 119 cm³/mol. The van der Waals surface area contributed by atoms with Crippen LogP contribution in [0.3, 0.4) is 0 Å². The van der Waals surface area contributed by atoms with Gasteiger partial charge in [-0.1, -0.05) is 19.9 Å². The second kappa shape index (κ2) is 9.29. The Hall–Kier alpha value is -2.92. The molecule has 2 aliphatic heterocycles. The molecule has 10 nitrogen and oxygen atoms in total. The second-order valence-corrected chi connectivity index (χ2v) is 8.28. The number of rotatable bonds is 7. The number of fused-ring (bicyclic) bond motifs is 2. The third kappa shape index (κ3) is 4.49. The summed E-state index contributed by atoms with van der Waals surface area (Å²) in [4.78, 5) is 34.2. The van der Waals surface area contributed by atoms with Crippen LogP contribution in [0.4, 0.5) is 0 Å². The Bertz CT molecular complexity index is 1250. The van der Waals surface area contributed by atoms with Crippen LogP contribution in [0.1, 0.15) is 25.0 Å². The SMILES string of the molecule is Cc1cc2nc3c(=O)n(/C=C/C(C)C)c(=O)nc-3n(CC(O)C(O)C(O)CO)c2cc1C. The first kappa shape index (κ1) is 23.7. The van der Waals surface area contributed by atoms with Gasteiger partial charge in [-0.2, -0.15) is 4.98 Å². The number of benzene rings is 1. The highest BCUT2D eigenvalue weighted by Crippen LogP contribution is 2.24. The first-order valence-electron chi connectivity index (χ1n) is 10.3. The standard InChI is InChI=1S/C22H28N4O6/c1-11(2)5-6-25-21(31)18-20(24-22(25)32)26(9-16(28)19(30)17(29)10-27)15-8-13(4)12(3)7-14(15)23-18/h5-8,11,16-17,19,27-30H,9-10H2,1-4H3/b6-5+. The molecule has 172 valence electrons. The lowest BCUT2D eigenvalue weighted by Crippen LogP contribution is -2.42. The fourth-order valence-corrected chi connectivity index (χ4v) is 3.34. The van der Waals surface area contributed by atoms with Crippen molar-refractivity contribution in [1.82, 2.24) is 19.1 Å². The van der Waals surface area contributed by atoms with E-state index >= 15 is 0 Å². The minimum absolute atomic E-state index is 0.0466. The Morgan fingerprint density at radius 2 is 1.69 bits per heavy atom. The summed E-state index contributed by atoms with van der Waals surface area (Å²) in [5.41, 5.74) is 1.25. The van der Waals surface area contributed by atoms with Crippen LogP contribution in [0.2, 0.25) is 0 Å². The lowest BCUT2D eigenvalue weighted by Gasteiger charge is -2.25. The number of allylic oxidation sites excluding steroid dienone is 1. The van der Waals surface area contributed by atoms with Gasteiger partial charge in [0.15, 0.2) is 11.5 Å². The lowest BCUT2D eigenvalue weighted by molar-refractivity contribution is -0.0802. The van der Waals surface area contributed by atoms with E-state index in [-0.39, 0.29) is 24.0 Å². The van der Waals surface area contributed by atoms with Crippen LogP contribution in [-0.4, -0.2) is 64.4 Å². The molecule has 1 aromatic carbocycles. The van der Waals surface area contributed by atoms with Crippen LogP contribution in [0.15, 0.2) is 27.8 Å². The Balaban J connectivity index is 2.32. The zero-order valence-corrected chi connectivity index (χ0v) is 18.4. The monoisotopic (exact) mass is 444 g/mol. The topological polar surface area (TPSA) is 151 Å². The van der Waals surface area contributed by atoms with Gasteiger partial charge in [0.05, 0.1) is 24.2 Å². The molecular weight excluding hydrogens is 416 g/mol. The van der Waals surface area contributed by atoms with E-state index in [2.05, 4.69) is 9.97 Å². The molecule has 3 rings (SSSR count). The summed E-state index contributed by atoms with van der Waals surface area (Å²) in [5, 5.41) is 39.4. The van der Waals surface area contributed by atoms with Crippen molar-refractivity contribution < 1.29 is 20.4 Å². The van der Waals surface area contributed by atoms with Crippen molar-refractivity contribution in [3.05, 3.63) is 50.2 Å². The quantitative estimate of drug-likeness (QED) is 0.368. The fourth-order valence-electron chi connectivity index (χ4n) is 3.34. The summed E-state index contributed by atoms with van der Waals surface area (Å²) in [6.07, 6.45) is -1.67. The van der Waals surface area contributed by atoms with Crippen molar-refractivity contribution >= 4 is 17.2 Å². The molecule has 0 aliphatic carbocycles. The Morgan fingerprint density at radius 3 is 2.31 bits per heavy atom. The average molecular weight is 444 g/mol. The van der Waals surface area contributed by atoms with Gasteiger partial charge >= 0.3 is 5.69 Å². The highest BCUT2D eigenvalue weighted by molar-refractivity contribution is 5.81. The van der Waals surface area contributed by atoms with Crippen LogP contribution < -0.4 is 11.2 Å². The molecular formula is C22H28N4O6. The van der Waals surface area contributed by atoms with Gasteiger partial charge in [0.1, 0.15) is 18.3 Å². The van der Waals surface area contributed by atoms with Gasteiger partial charge in [-0.25, -0.2) is 14.3 Å². The molecule has 0 saturated carbocycles. The minimum Gasteiger partial charge on any atom is -0.394 e. The Morgan fingerprint density at radius 1 is 1.03 bits per heavy atom. The lowest BCUT2D eigenvalue weighted by atomic mass is 10.1. The molecule has 4 N–H and O–H groups in total. The number of aliphatic hydroxyl groups excluding tert-OH is 4. The van der Waals surface area contributed by atoms with Gasteiger partial charge in [0.25, 0.3) is 5.56 Å². The van der Waals surface area contributed by atoms with Gasteiger partial charge in [0.2, 0.25) is 0 Å².